The van der Waals surface area contributed by atoms with Gasteiger partial charge < -0.3 is 19.8 Å². The molecule has 1 aromatic heterocycles. The zero-order valence-electron chi connectivity index (χ0n) is 14.4. The molecule has 27 heavy (non-hydrogen) atoms. The number of phenolic OH excluding ortho intramolecular Hbond substituents is 1. The average Bonchev–Trinajstić information content (AvgIpc) is 3.11. The molecule has 2 aromatic rings. The number of fused-ring (bicyclic) bond motifs is 2. The van der Waals surface area contributed by atoms with Gasteiger partial charge in [-0.1, -0.05) is 0 Å². The number of thiophene rings is 1. The van der Waals surface area contributed by atoms with E-state index in [-0.39, 0.29) is 11.5 Å². The Morgan fingerprint density at radius 2 is 1.96 bits per heavy atom. The summed E-state index contributed by atoms with van der Waals surface area (Å²) in [6.45, 7) is 1.39. The number of nitrogens with zero attached hydrogens (tertiary/aromatic N) is 1. The van der Waals surface area contributed by atoms with Crippen molar-refractivity contribution >= 4 is 23.2 Å². The van der Waals surface area contributed by atoms with Crippen molar-refractivity contribution in [1.29, 1.82) is 0 Å². The van der Waals surface area contributed by atoms with Crippen LogP contribution in [0.5, 0.6) is 5.75 Å². The number of hydrogen-bond donors (Lipinski definition) is 2. The lowest BCUT2D eigenvalue weighted by atomic mass is 9.85. The van der Waals surface area contributed by atoms with Crippen LogP contribution in [0.2, 0.25) is 0 Å². The molecule has 1 spiro atoms. The Kier molecular flexibility index (Phi) is 4.39. The van der Waals surface area contributed by atoms with Crippen LogP contribution < -0.4 is 0 Å². The maximum atomic E-state index is 13.5. The van der Waals surface area contributed by atoms with Crippen molar-refractivity contribution in [3.8, 4) is 5.75 Å². The Morgan fingerprint density at radius 3 is 2.63 bits per heavy atom. The molecule has 1 fully saturated rings. The highest BCUT2D eigenvalue weighted by Crippen LogP contribution is 2.45. The van der Waals surface area contributed by atoms with Crippen LogP contribution >= 0.6 is 11.3 Å². The monoisotopic (exact) mass is 391 g/mol. The third-order valence-corrected chi connectivity index (χ3v) is 6.59. The Bertz CT molecular complexity index is 917. The number of piperidine rings is 1. The minimum absolute atomic E-state index is 0.191. The molecule has 0 atom stereocenters. The van der Waals surface area contributed by atoms with Crippen molar-refractivity contribution in [2.24, 2.45) is 0 Å². The average molecular weight is 391 g/mol. The van der Waals surface area contributed by atoms with E-state index in [0.717, 1.165) is 16.5 Å². The molecule has 8 heteroatoms. The first-order valence-electron chi connectivity index (χ1n) is 8.68. The number of halogens is 1. The van der Waals surface area contributed by atoms with E-state index in [2.05, 4.69) is 0 Å². The summed E-state index contributed by atoms with van der Waals surface area (Å²) in [5.74, 6) is -2.54. The van der Waals surface area contributed by atoms with Gasteiger partial charge in [-0.05, 0) is 49.1 Å². The van der Waals surface area contributed by atoms with Crippen LogP contribution in [-0.2, 0) is 16.8 Å². The fourth-order valence-electron chi connectivity index (χ4n) is 3.79. The van der Waals surface area contributed by atoms with Gasteiger partial charge in [-0.15, -0.1) is 11.3 Å². The molecule has 1 saturated heterocycles. The van der Waals surface area contributed by atoms with Crippen LogP contribution in [0.25, 0.3) is 0 Å². The highest BCUT2D eigenvalue weighted by atomic mass is 32.1. The summed E-state index contributed by atoms with van der Waals surface area (Å²) in [6, 6.07) is 5.33. The third-order valence-electron chi connectivity index (χ3n) is 5.24. The van der Waals surface area contributed by atoms with E-state index in [4.69, 9.17) is 4.74 Å². The van der Waals surface area contributed by atoms with Crippen molar-refractivity contribution < 1.29 is 28.9 Å². The summed E-state index contributed by atoms with van der Waals surface area (Å²) in [4.78, 5) is 26.8. The number of phenols is 1. The Balaban J connectivity index is 1.53. The first-order valence-corrected chi connectivity index (χ1v) is 9.49. The van der Waals surface area contributed by atoms with Crippen LogP contribution in [0.15, 0.2) is 24.3 Å². The van der Waals surface area contributed by atoms with Crippen molar-refractivity contribution in [1.82, 2.24) is 4.90 Å². The Hall–Kier alpha value is -2.45. The number of aromatic hydroxyl groups is 1. The lowest BCUT2D eigenvalue weighted by molar-refractivity contribution is -0.0906. The lowest BCUT2D eigenvalue weighted by Gasteiger charge is -2.43. The summed E-state index contributed by atoms with van der Waals surface area (Å²) < 4.78 is 19.6. The van der Waals surface area contributed by atoms with Gasteiger partial charge >= 0.3 is 5.97 Å². The van der Waals surface area contributed by atoms with E-state index in [1.807, 2.05) is 0 Å². The van der Waals surface area contributed by atoms with Crippen molar-refractivity contribution in [2.45, 2.75) is 24.9 Å². The highest BCUT2D eigenvalue weighted by molar-refractivity contribution is 7.14. The second-order valence-electron chi connectivity index (χ2n) is 6.82. The van der Waals surface area contributed by atoms with Gasteiger partial charge in [0.05, 0.1) is 6.61 Å². The first-order chi connectivity index (χ1) is 12.9. The fourth-order valence-corrected chi connectivity index (χ4v) is 5.04. The number of carbonyl (C=O) groups excluding carboxylic acids is 1. The molecule has 1 amide bonds. The first kappa shape index (κ1) is 17.9. The molecule has 142 valence electrons. The smallest absolute Gasteiger partial charge is 0.345 e. The molecular formula is C19H18FNO5S. The Morgan fingerprint density at radius 1 is 1.22 bits per heavy atom. The minimum Gasteiger partial charge on any atom is -0.505 e. The van der Waals surface area contributed by atoms with E-state index < -0.39 is 23.1 Å². The van der Waals surface area contributed by atoms with Crippen LogP contribution in [0.1, 0.15) is 43.3 Å². The number of amides is 1. The SMILES string of the molecule is O=C(O)c1cc2c(s1)C1(CCN(C(=O)c3ccc(O)c(F)c3)CC1)OCC2. The molecule has 2 N–H and O–H groups in total. The summed E-state index contributed by atoms with van der Waals surface area (Å²) in [5, 5.41) is 18.6. The van der Waals surface area contributed by atoms with Gasteiger partial charge in [-0.3, -0.25) is 4.79 Å². The molecule has 0 aliphatic carbocycles. The molecule has 2 aliphatic heterocycles. The van der Waals surface area contributed by atoms with E-state index >= 15 is 0 Å². The van der Waals surface area contributed by atoms with Gasteiger partial charge in [0.1, 0.15) is 10.5 Å². The second kappa shape index (κ2) is 6.61. The molecule has 0 unspecified atom stereocenters. The van der Waals surface area contributed by atoms with Gasteiger partial charge in [-0.2, -0.15) is 0 Å². The van der Waals surface area contributed by atoms with Gasteiger partial charge in [-0.25, -0.2) is 9.18 Å². The summed E-state index contributed by atoms with van der Waals surface area (Å²) >= 11 is 1.25. The zero-order chi connectivity index (χ0) is 19.2. The number of carboxylic acids is 1. The van der Waals surface area contributed by atoms with Crippen LogP contribution in [0.4, 0.5) is 4.39 Å². The zero-order valence-corrected chi connectivity index (χ0v) is 15.2. The maximum Gasteiger partial charge on any atom is 0.345 e. The minimum atomic E-state index is -0.938. The predicted molar refractivity (Wildman–Crippen MR) is 95.8 cm³/mol. The van der Waals surface area contributed by atoms with Gasteiger partial charge in [0, 0.05) is 23.5 Å². The van der Waals surface area contributed by atoms with E-state index in [1.54, 1.807) is 11.0 Å². The normalized spacial score (nSPS) is 18.3. The highest BCUT2D eigenvalue weighted by Gasteiger charge is 2.43. The molecule has 1 aromatic carbocycles. The number of likely N-dealkylation sites (tertiary alicyclic amines) is 1. The summed E-state index contributed by atoms with van der Waals surface area (Å²) in [7, 11) is 0. The fraction of sp³-hybridized carbons (Fsp3) is 0.368. The summed E-state index contributed by atoms with van der Waals surface area (Å²) in [5.41, 5.74) is 0.656. The Labute approximate surface area is 158 Å². The van der Waals surface area contributed by atoms with Crippen LogP contribution in [0.3, 0.4) is 0 Å². The number of aromatic carboxylic acids is 1. The van der Waals surface area contributed by atoms with Crippen molar-refractivity contribution in [3.05, 3.63) is 51.0 Å². The van der Waals surface area contributed by atoms with Crippen LogP contribution in [-0.4, -0.2) is 46.7 Å². The second-order valence-corrected chi connectivity index (χ2v) is 7.87. The molecule has 4 rings (SSSR count). The van der Waals surface area contributed by atoms with Crippen molar-refractivity contribution in [2.75, 3.05) is 19.7 Å². The number of carbonyl (C=O) groups is 2. The number of carboxylic acid groups (broad SMARTS) is 1. The van der Waals surface area contributed by atoms with Gasteiger partial charge in [0.2, 0.25) is 0 Å². The van der Waals surface area contributed by atoms with Crippen LogP contribution in [0, 0.1) is 5.82 Å². The lowest BCUT2D eigenvalue weighted by Crippen LogP contribution is -2.47. The molecule has 0 saturated carbocycles. The number of rotatable bonds is 2. The standard InChI is InChI=1S/C19H18FNO5S/c20-13-9-12(1-2-14(13)22)17(23)21-6-4-19(5-7-21)16-11(3-8-26-19)10-15(27-16)18(24)25/h1-2,9-10,22H,3-8H2,(H,24,25). The van der Waals surface area contributed by atoms with Gasteiger partial charge in [0.25, 0.3) is 5.91 Å². The molecule has 0 radical (unpaired) electrons. The third kappa shape index (κ3) is 3.08. The molecule has 3 heterocycles. The molecular weight excluding hydrogens is 373 g/mol. The number of benzene rings is 1. The van der Waals surface area contributed by atoms with Crippen molar-refractivity contribution in [3.63, 3.8) is 0 Å². The predicted octanol–water partition coefficient (Wildman–Crippen LogP) is 3.00. The number of ether oxygens (including phenoxy) is 1. The molecule has 6 nitrogen and oxygen atoms in total. The van der Waals surface area contributed by atoms with E-state index in [9.17, 15) is 24.2 Å². The van der Waals surface area contributed by atoms with E-state index in [1.165, 1.54) is 23.5 Å². The largest absolute Gasteiger partial charge is 0.505 e. The number of hydrogen-bond acceptors (Lipinski definition) is 5. The topological polar surface area (TPSA) is 87.1 Å². The molecule has 0 bridgehead atoms. The molecule has 2 aliphatic rings. The maximum absolute atomic E-state index is 13.5. The summed E-state index contributed by atoms with van der Waals surface area (Å²) in [6.07, 6.45) is 1.81. The van der Waals surface area contributed by atoms with E-state index in [0.29, 0.717) is 43.8 Å². The van der Waals surface area contributed by atoms with Gasteiger partial charge in [0.15, 0.2) is 11.6 Å². The quantitative estimate of drug-likeness (QED) is 0.822.